The van der Waals surface area contributed by atoms with Crippen LogP contribution >= 0.6 is 0 Å². The molecule has 2 aliphatic rings. The second-order valence-corrected chi connectivity index (χ2v) is 6.27. The summed E-state index contributed by atoms with van der Waals surface area (Å²) in [5, 5.41) is 0. The van der Waals surface area contributed by atoms with Crippen LogP contribution in [-0.2, 0) is 0 Å². The van der Waals surface area contributed by atoms with E-state index >= 15 is 0 Å². The molecule has 2 aromatic rings. The van der Waals surface area contributed by atoms with Crippen LogP contribution in [0.15, 0.2) is 48.5 Å². The van der Waals surface area contributed by atoms with Crippen molar-refractivity contribution in [2.24, 2.45) is 0 Å². The van der Waals surface area contributed by atoms with E-state index in [-0.39, 0.29) is 0 Å². The molecule has 0 N–H and O–H groups in total. The van der Waals surface area contributed by atoms with E-state index in [0.29, 0.717) is 6.04 Å². The summed E-state index contributed by atoms with van der Waals surface area (Å²) in [4.78, 5) is 5.13. The smallest absolute Gasteiger partial charge is 0.0614 e. The molecule has 0 unspecified atom stereocenters. The fraction of sp³-hybridized carbons (Fsp3) is 0.368. The molecule has 2 heteroatoms. The lowest BCUT2D eigenvalue weighted by atomic mass is 10.0. The van der Waals surface area contributed by atoms with Crippen LogP contribution < -0.4 is 0 Å². The van der Waals surface area contributed by atoms with Crippen LogP contribution in [0.1, 0.15) is 23.6 Å². The molecule has 0 aromatic heterocycles. The minimum Gasteiger partial charge on any atom is -0.305 e. The molecule has 1 aliphatic carbocycles. The van der Waals surface area contributed by atoms with E-state index in [9.17, 15) is 0 Å². The highest BCUT2D eigenvalue weighted by Crippen LogP contribution is 2.46. The number of nitrogens with zero attached hydrogens (tertiary/aromatic N) is 2. The summed E-state index contributed by atoms with van der Waals surface area (Å²) < 4.78 is 0. The molecule has 1 aliphatic heterocycles. The van der Waals surface area contributed by atoms with Gasteiger partial charge in [0.15, 0.2) is 0 Å². The van der Waals surface area contributed by atoms with Crippen molar-refractivity contribution in [3.05, 3.63) is 59.7 Å². The Morgan fingerprint density at radius 3 is 2.05 bits per heavy atom. The monoisotopic (exact) mass is 278 g/mol. The Morgan fingerprint density at radius 1 is 0.762 bits per heavy atom. The normalized spacial score (nSPS) is 20.0. The molecule has 21 heavy (non-hydrogen) atoms. The largest absolute Gasteiger partial charge is 0.305 e. The summed E-state index contributed by atoms with van der Waals surface area (Å²) >= 11 is 0. The average Bonchev–Trinajstić information content (AvgIpc) is 2.70. The number of likely N-dealkylation sites (N-methyl/N-ethyl adjacent to an activating group) is 1. The van der Waals surface area contributed by atoms with Crippen molar-refractivity contribution < 1.29 is 0 Å². The van der Waals surface area contributed by atoms with Crippen molar-refractivity contribution in [1.82, 2.24) is 9.80 Å². The molecule has 4 rings (SSSR count). The number of fused-ring (bicyclic) bond motifs is 3. The first-order valence-corrected chi connectivity index (χ1v) is 7.95. The summed E-state index contributed by atoms with van der Waals surface area (Å²) in [5.74, 6) is 0. The standard InChI is InChI=1S/C19H22N2/c1-20-11-6-12-21(14-13-20)19-17-9-4-2-7-15(17)16-8-3-5-10-18(16)19/h2-5,7-10,19H,6,11-14H2,1H3. The fourth-order valence-corrected chi connectivity index (χ4v) is 3.85. The summed E-state index contributed by atoms with van der Waals surface area (Å²) in [6.45, 7) is 4.73. The molecule has 1 fully saturated rings. The van der Waals surface area contributed by atoms with E-state index in [1.165, 1.54) is 48.3 Å². The first-order valence-electron chi connectivity index (χ1n) is 7.95. The quantitative estimate of drug-likeness (QED) is 0.789. The first-order chi connectivity index (χ1) is 10.3. The highest BCUT2D eigenvalue weighted by Gasteiger charge is 2.32. The maximum Gasteiger partial charge on any atom is 0.0614 e. The minimum atomic E-state index is 0.448. The van der Waals surface area contributed by atoms with Gasteiger partial charge in [-0.1, -0.05) is 48.5 Å². The third kappa shape index (κ3) is 2.19. The van der Waals surface area contributed by atoms with Crippen molar-refractivity contribution in [1.29, 1.82) is 0 Å². The topological polar surface area (TPSA) is 6.48 Å². The van der Waals surface area contributed by atoms with Gasteiger partial charge in [-0.3, -0.25) is 4.90 Å². The van der Waals surface area contributed by atoms with Gasteiger partial charge >= 0.3 is 0 Å². The molecule has 0 amide bonds. The Kier molecular flexibility index (Phi) is 3.28. The van der Waals surface area contributed by atoms with Gasteiger partial charge in [0.05, 0.1) is 6.04 Å². The van der Waals surface area contributed by atoms with Gasteiger partial charge in [-0.05, 0) is 42.3 Å². The summed E-state index contributed by atoms with van der Waals surface area (Å²) in [7, 11) is 2.24. The lowest BCUT2D eigenvalue weighted by molar-refractivity contribution is 0.234. The van der Waals surface area contributed by atoms with E-state index in [0.717, 1.165) is 6.54 Å². The van der Waals surface area contributed by atoms with E-state index in [4.69, 9.17) is 0 Å². The summed E-state index contributed by atoms with van der Waals surface area (Å²) in [5.41, 5.74) is 5.83. The van der Waals surface area contributed by atoms with Crippen LogP contribution in [-0.4, -0.2) is 43.0 Å². The molecule has 0 radical (unpaired) electrons. The lowest BCUT2D eigenvalue weighted by Gasteiger charge is -2.29. The molecule has 0 spiro atoms. The van der Waals surface area contributed by atoms with E-state index < -0.39 is 0 Å². The van der Waals surface area contributed by atoms with Crippen molar-refractivity contribution in [2.75, 3.05) is 33.2 Å². The van der Waals surface area contributed by atoms with Gasteiger partial charge in [-0.25, -0.2) is 0 Å². The highest BCUT2D eigenvalue weighted by atomic mass is 15.2. The van der Waals surface area contributed by atoms with Crippen LogP contribution in [0.2, 0.25) is 0 Å². The predicted molar refractivity (Wildman–Crippen MR) is 87.4 cm³/mol. The van der Waals surface area contributed by atoms with Gasteiger partial charge in [-0.15, -0.1) is 0 Å². The van der Waals surface area contributed by atoms with Crippen molar-refractivity contribution >= 4 is 0 Å². The van der Waals surface area contributed by atoms with Crippen molar-refractivity contribution in [2.45, 2.75) is 12.5 Å². The van der Waals surface area contributed by atoms with Gasteiger partial charge in [0.1, 0.15) is 0 Å². The molecule has 1 heterocycles. The van der Waals surface area contributed by atoms with Gasteiger partial charge in [0.2, 0.25) is 0 Å². The highest BCUT2D eigenvalue weighted by molar-refractivity contribution is 5.78. The van der Waals surface area contributed by atoms with Crippen LogP contribution in [0.3, 0.4) is 0 Å². The molecule has 1 saturated heterocycles. The second kappa shape index (κ2) is 5.28. The Morgan fingerprint density at radius 2 is 1.38 bits per heavy atom. The third-order valence-electron chi connectivity index (χ3n) is 4.92. The molecular weight excluding hydrogens is 256 g/mol. The van der Waals surface area contributed by atoms with E-state index in [1.54, 1.807) is 0 Å². The molecule has 2 aromatic carbocycles. The Labute approximate surface area is 127 Å². The molecule has 0 bridgehead atoms. The van der Waals surface area contributed by atoms with Crippen LogP contribution in [0.5, 0.6) is 0 Å². The van der Waals surface area contributed by atoms with Crippen molar-refractivity contribution in [3.8, 4) is 11.1 Å². The van der Waals surface area contributed by atoms with Gasteiger partial charge in [0, 0.05) is 19.6 Å². The zero-order valence-corrected chi connectivity index (χ0v) is 12.6. The number of hydrogen-bond acceptors (Lipinski definition) is 2. The SMILES string of the molecule is CN1CCCN(C2c3ccccc3-c3ccccc32)CC1. The van der Waals surface area contributed by atoms with Crippen LogP contribution in [0, 0.1) is 0 Å². The Bertz CT molecular complexity index is 604. The zero-order valence-electron chi connectivity index (χ0n) is 12.6. The second-order valence-electron chi connectivity index (χ2n) is 6.27. The summed E-state index contributed by atoms with van der Waals surface area (Å²) in [6, 6.07) is 18.3. The van der Waals surface area contributed by atoms with E-state index in [2.05, 4.69) is 65.4 Å². The molecular formula is C19H22N2. The third-order valence-corrected chi connectivity index (χ3v) is 4.92. The molecule has 0 atom stereocenters. The first kappa shape index (κ1) is 13.1. The van der Waals surface area contributed by atoms with Crippen molar-refractivity contribution in [3.63, 3.8) is 0 Å². The minimum absolute atomic E-state index is 0.448. The number of rotatable bonds is 1. The number of hydrogen-bond donors (Lipinski definition) is 0. The molecule has 0 saturated carbocycles. The van der Waals surface area contributed by atoms with E-state index in [1.807, 2.05) is 0 Å². The molecule has 108 valence electrons. The summed E-state index contributed by atoms with van der Waals surface area (Å²) in [6.07, 6.45) is 1.26. The average molecular weight is 278 g/mol. The fourth-order valence-electron chi connectivity index (χ4n) is 3.85. The maximum absolute atomic E-state index is 2.67. The Hall–Kier alpha value is -1.64. The number of benzene rings is 2. The van der Waals surface area contributed by atoms with Crippen LogP contribution in [0.25, 0.3) is 11.1 Å². The maximum atomic E-state index is 2.67. The zero-order chi connectivity index (χ0) is 14.2. The van der Waals surface area contributed by atoms with Gasteiger partial charge in [0.25, 0.3) is 0 Å². The van der Waals surface area contributed by atoms with Gasteiger partial charge in [-0.2, -0.15) is 0 Å². The van der Waals surface area contributed by atoms with Crippen LogP contribution in [0.4, 0.5) is 0 Å². The lowest BCUT2D eigenvalue weighted by Crippen LogP contribution is -2.32. The molecule has 2 nitrogen and oxygen atoms in total. The Balaban J connectivity index is 1.78. The predicted octanol–water partition coefficient (Wildman–Crippen LogP) is 3.39. The van der Waals surface area contributed by atoms with Gasteiger partial charge < -0.3 is 4.90 Å².